The van der Waals surface area contributed by atoms with Crippen LogP contribution < -0.4 is 0 Å². The van der Waals surface area contributed by atoms with E-state index in [0.29, 0.717) is 12.5 Å². The first-order valence-electron chi connectivity index (χ1n) is 7.10. The lowest BCUT2D eigenvalue weighted by molar-refractivity contribution is -0.186. The number of ether oxygens (including phenoxy) is 2. The monoisotopic (exact) mass is 255 g/mol. The molecule has 18 heavy (non-hydrogen) atoms. The minimum Gasteiger partial charge on any atom is -0.465 e. The first kappa shape index (κ1) is 13.8. The normalized spacial score (nSPS) is 36.4. The van der Waals surface area contributed by atoms with Crippen LogP contribution in [0.2, 0.25) is 0 Å². The minimum atomic E-state index is -0.429. The molecule has 0 aromatic heterocycles. The van der Waals surface area contributed by atoms with E-state index in [4.69, 9.17) is 9.47 Å². The number of hydrogen-bond donors (Lipinski definition) is 0. The van der Waals surface area contributed by atoms with Gasteiger partial charge in [-0.3, -0.25) is 4.79 Å². The van der Waals surface area contributed by atoms with Gasteiger partial charge in [-0.15, -0.1) is 0 Å². The van der Waals surface area contributed by atoms with Gasteiger partial charge in [-0.2, -0.15) is 0 Å². The van der Waals surface area contributed by atoms with Gasteiger partial charge in [0.15, 0.2) is 0 Å². The van der Waals surface area contributed by atoms with E-state index in [-0.39, 0.29) is 12.1 Å². The number of piperidine rings is 1. The summed E-state index contributed by atoms with van der Waals surface area (Å²) in [6.45, 7) is 7.31. The van der Waals surface area contributed by atoms with Crippen molar-refractivity contribution in [2.24, 2.45) is 11.3 Å². The van der Waals surface area contributed by atoms with Gasteiger partial charge in [0.2, 0.25) is 0 Å². The van der Waals surface area contributed by atoms with Crippen LogP contribution in [0.15, 0.2) is 0 Å². The fourth-order valence-electron chi connectivity index (χ4n) is 3.79. The van der Waals surface area contributed by atoms with Gasteiger partial charge in [0, 0.05) is 20.2 Å². The highest BCUT2D eigenvalue weighted by atomic mass is 16.5. The molecule has 0 amide bonds. The maximum Gasteiger partial charge on any atom is 0.316 e. The van der Waals surface area contributed by atoms with E-state index in [1.807, 2.05) is 6.92 Å². The molecule has 0 aromatic rings. The molecule has 0 spiro atoms. The average Bonchev–Trinajstić information content (AvgIpc) is 2.37. The number of carbonyl (C=O) groups is 1. The summed E-state index contributed by atoms with van der Waals surface area (Å²) in [6.07, 6.45) is 3.21. The van der Waals surface area contributed by atoms with Crippen LogP contribution in [0, 0.1) is 11.3 Å². The van der Waals surface area contributed by atoms with E-state index in [1.54, 1.807) is 7.11 Å². The van der Waals surface area contributed by atoms with Crippen molar-refractivity contribution in [3.05, 3.63) is 0 Å². The molecule has 1 saturated heterocycles. The molecule has 2 fully saturated rings. The van der Waals surface area contributed by atoms with Crippen molar-refractivity contribution in [1.29, 1.82) is 0 Å². The highest BCUT2D eigenvalue weighted by Crippen LogP contribution is 2.46. The number of likely N-dealkylation sites (tertiary alicyclic amines) is 1. The second-order valence-corrected chi connectivity index (χ2v) is 5.51. The molecule has 0 unspecified atom stereocenters. The molecule has 1 heterocycles. The Kier molecular flexibility index (Phi) is 4.28. The van der Waals surface area contributed by atoms with Crippen LogP contribution in [0.5, 0.6) is 0 Å². The summed E-state index contributed by atoms with van der Waals surface area (Å²) in [5, 5.41) is 0. The molecule has 1 saturated carbocycles. The fourth-order valence-corrected chi connectivity index (χ4v) is 3.79. The number of carbonyl (C=O) groups excluding carboxylic acids is 1. The fraction of sp³-hybridized carbons (Fsp3) is 0.929. The lowest BCUT2D eigenvalue weighted by atomic mass is 9.64. The van der Waals surface area contributed by atoms with Crippen molar-refractivity contribution < 1.29 is 14.3 Å². The summed E-state index contributed by atoms with van der Waals surface area (Å²) in [5.74, 6) is 0.418. The molecule has 2 rings (SSSR count). The number of methoxy groups -OCH3 is 1. The highest BCUT2D eigenvalue weighted by Gasteiger charge is 2.56. The van der Waals surface area contributed by atoms with E-state index >= 15 is 0 Å². The Balaban J connectivity index is 2.27. The van der Waals surface area contributed by atoms with Crippen molar-refractivity contribution in [1.82, 2.24) is 4.90 Å². The van der Waals surface area contributed by atoms with Crippen molar-refractivity contribution in [2.45, 2.75) is 39.2 Å². The smallest absolute Gasteiger partial charge is 0.316 e. The van der Waals surface area contributed by atoms with Gasteiger partial charge in [0.1, 0.15) is 5.41 Å². The molecule has 3 atom stereocenters. The van der Waals surface area contributed by atoms with Gasteiger partial charge >= 0.3 is 5.97 Å². The van der Waals surface area contributed by atoms with E-state index in [2.05, 4.69) is 11.8 Å². The SMILES string of the molecule is CCOC(=O)[C@]12CCC[C@H](CN(CC)C1)[C@H]2OC. The molecule has 1 aliphatic heterocycles. The summed E-state index contributed by atoms with van der Waals surface area (Å²) in [4.78, 5) is 14.8. The van der Waals surface area contributed by atoms with Gasteiger partial charge in [0.05, 0.1) is 12.7 Å². The summed E-state index contributed by atoms with van der Waals surface area (Å²) >= 11 is 0. The maximum atomic E-state index is 12.4. The summed E-state index contributed by atoms with van der Waals surface area (Å²) in [6, 6.07) is 0. The first-order chi connectivity index (χ1) is 8.67. The molecular formula is C14H25NO3. The number of fused-ring (bicyclic) bond motifs is 2. The second kappa shape index (κ2) is 5.57. The Hall–Kier alpha value is -0.610. The zero-order valence-corrected chi connectivity index (χ0v) is 11.8. The average molecular weight is 255 g/mol. The summed E-state index contributed by atoms with van der Waals surface area (Å²) in [7, 11) is 1.73. The largest absolute Gasteiger partial charge is 0.465 e. The Labute approximate surface area is 110 Å². The minimum absolute atomic E-state index is 0.0353. The van der Waals surface area contributed by atoms with Crippen LogP contribution in [-0.4, -0.2) is 50.3 Å². The van der Waals surface area contributed by atoms with Crippen molar-refractivity contribution >= 4 is 5.97 Å². The molecule has 1 aliphatic carbocycles. The molecule has 0 aromatic carbocycles. The molecule has 4 nitrogen and oxygen atoms in total. The van der Waals surface area contributed by atoms with E-state index in [9.17, 15) is 4.79 Å². The Morgan fingerprint density at radius 3 is 2.83 bits per heavy atom. The molecule has 0 N–H and O–H groups in total. The molecular weight excluding hydrogens is 230 g/mol. The van der Waals surface area contributed by atoms with E-state index in [0.717, 1.165) is 38.9 Å². The molecule has 0 radical (unpaired) electrons. The molecule has 104 valence electrons. The third kappa shape index (κ3) is 2.16. The van der Waals surface area contributed by atoms with Gasteiger partial charge in [-0.1, -0.05) is 13.3 Å². The number of hydrogen-bond acceptors (Lipinski definition) is 4. The van der Waals surface area contributed by atoms with Gasteiger partial charge in [0.25, 0.3) is 0 Å². The van der Waals surface area contributed by atoms with Crippen molar-refractivity contribution in [3.63, 3.8) is 0 Å². The predicted octanol–water partition coefficient (Wildman–Crippen LogP) is 1.69. The Bertz CT molecular complexity index is 307. The van der Waals surface area contributed by atoms with Crippen LogP contribution in [0.4, 0.5) is 0 Å². The van der Waals surface area contributed by atoms with Crippen LogP contribution in [0.25, 0.3) is 0 Å². The zero-order valence-electron chi connectivity index (χ0n) is 11.8. The topological polar surface area (TPSA) is 38.8 Å². The molecule has 2 aliphatic rings. The number of nitrogens with zero attached hydrogens (tertiary/aromatic N) is 1. The molecule has 2 bridgehead atoms. The zero-order chi connectivity index (χ0) is 13.2. The van der Waals surface area contributed by atoms with Gasteiger partial charge in [-0.25, -0.2) is 0 Å². The highest BCUT2D eigenvalue weighted by molar-refractivity contribution is 5.78. The summed E-state index contributed by atoms with van der Waals surface area (Å²) < 4.78 is 11.0. The van der Waals surface area contributed by atoms with Gasteiger partial charge in [-0.05, 0) is 32.2 Å². The van der Waals surface area contributed by atoms with Crippen molar-refractivity contribution in [2.75, 3.05) is 33.4 Å². The van der Waals surface area contributed by atoms with Crippen molar-refractivity contribution in [3.8, 4) is 0 Å². The summed E-state index contributed by atoms with van der Waals surface area (Å²) in [5.41, 5.74) is -0.429. The number of esters is 1. The third-order valence-corrected chi connectivity index (χ3v) is 4.55. The third-order valence-electron chi connectivity index (χ3n) is 4.55. The first-order valence-corrected chi connectivity index (χ1v) is 7.10. The van der Waals surface area contributed by atoms with Gasteiger partial charge < -0.3 is 14.4 Å². The van der Waals surface area contributed by atoms with Crippen LogP contribution in [0.3, 0.4) is 0 Å². The predicted molar refractivity (Wildman–Crippen MR) is 69.3 cm³/mol. The van der Waals surface area contributed by atoms with E-state index < -0.39 is 5.41 Å². The standard InChI is InChI=1S/C14H25NO3/c1-4-15-9-11-7-6-8-14(10-15,12(11)17-3)13(16)18-5-2/h11-12H,4-10H2,1-3H3/t11-,12-,14-/m1/s1. The quantitative estimate of drug-likeness (QED) is 0.717. The van der Waals surface area contributed by atoms with E-state index in [1.165, 1.54) is 0 Å². The molecule has 4 heteroatoms. The maximum absolute atomic E-state index is 12.4. The van der Waals surface area contributed by atoms with Crippen LogP contribution in [0.1, 0.15) is 33.1 Å². The Morgan fingerprint density at radius 2 is 2.22 bits per heavy atom. The van der Waals surface area contributed by atoms with Crippen LogP contribution in [-0.2, 0) is 14.3 Å². The second-order valence-electron chi connectivity index (χ2n) is 5.51. The lowest BCUT2D eigenvalue weighted by Gasteiger charge is -2.52. The number of rotatable bonds is 4. The lowest BCUT2D eigenvalue weighted by Crippen LogP contribution is -2.62. The van der Waals surface area contributed by atoms with Crippen LogP contribution >= 0.6 is 0 Å². The Morgan fingerprint density at radius 1 is 1.44 bits per heavy atom.